The van der Waals surface area contributed by atoms with Crippen molar-refractivity contribution in [2.24, 2.45) is 0 Å². The molecule has 0 fully saturated rings. The fourth-order valence-corrected chi connectivity index (χ4v) is 2.01. The van der Waals surface area contributed by atoms with E-state index in [0.717, 1.165) is 5.56 Å². The Labute approximate surface area is 128 Å². The number of nitrogens with zero attached hydrogens (tertiary/aromatic N) is 1. The monoisotopic (exact) mass is 317 g/mol. The van der Waals surface area contributed by atoms with Gasteiger partial charge in [0.2, 0.25) is 5.91 Å². The molecule has 0 aromatic heterocycles. The number of carbonyl (C=O) groups is 2. The molecule has 0 atom stereocenters. The molecule has 4 nitrogen and oxygen atoms in total. The average molecular weight is 318 g/mol. The highest BCUT2D eigenvalue weighted by Crippen LogP contribution is 2.23. The maximum atomic E-state index is 12.2. The van der Waals surface area contributed by atoms with Gasteiger partial charge in [-0.05, 0) is 31.5 Å². The molecule has 0 saturated heterocycles. The molecule has 0 unspecified atom stereocenters. The molecule has 110 valence electrons. The van der Waals surface area contributed by atoms with E-state index >= 15 is 0 Å². The topological polar surface area (TPSA) is 46.6 Å². The first-order chi connectivity index (χ1) is 9.35. The first-order valence-electron chi connectivity index (χ1n) is 6.15. The van der Waals surface area contributed by atoms with E-state index in [9.17, 15) is 9.59 Å². The van der Waals surface area contributed by atoms with Crippen molar-refractivity contribution >= 4 is 35.1 Å². The molecule has 0 N–H and O–H groups in total. The standard InChI is InChI=1S/C14H17Cl2NO3/c1-9(2)17(8-14(19)20-3)13(18)7-10-4-5-11(15)12(16)6-10/h4-6,9H,7-8H2,1-3H3. The van der Waals surface area contributed by atoms with Crippen LogP contribution in [0.4, 0.5) is 0 Å². The van der Waals surface area contributed by atoms with E-state index < -0.39 is 5.97 Å². The zero-order chi connectivity index (χ0) is 15.3. The van der Waals surface area contributed by atoms with Crippen LogP contribution >= 0.6 is 23.2 Å². The van der Waals surface area contributed by atoms with E-state index in [-0.39, 0.29) is 24.9 Å². The predicted octanol–water partition coefficient (Wildman–Crippen LogP) is 2.95. The van der Waals surface area contributed by atoms with Crippen LogP contribution in [0.2, 0.25) is 10.0 Å². The van der Waals surface area contributed by atoms with Crippen molar-refractivity contribution < 1.29 is 14.3 Å². The summed E-state index contributed by atoms with van der Waals surface area (Å²) in [6, 6.07) is 4.94. The number of esters is 1. The maximum Gasteiger partial charge on any atom is 0.325 e. The number of hydrogen-bond acceptors (Lipinski definition) is 3. The van der Waals surface area contributed by atoms with Crippen molar-refractivity contribution in [1.82, 2.24) is 4.90 Å². The Balaban J connectivity index is 2.80. The van der Waals surface area contributed by atoms with Gasteiger partial charge in [-0.3, -0.25) is 9.59 Å². The molecule has 1 rings (SSSR count). The molecule has 0 heterocycles. The average Bonchev–Trinajstić information content (AvgIpc) is 2.39. The third kappa shape index (κ3) is 4.69. The van der Waals surface area contributed by atoms with Gasteiger partial charge in [0.15, 0.2) is 0 Å². The molecule has 1 aromatic carbocycles. The fourth-order valence-electron chi connectivity index (χ4n) is 1.69. The van der Waals surface area contributed by atoms with E-state index in [1.165, 1.54) is 12.0 Å². The lowest BCUT2D eigenvalue weighted by Crippen LogP contribution is -2.41. The number of rotatable bonds is 5. The van der Waals surface area contributed by atoms with Crippen molar-refractivity contribution in [3.63, 3.8) is 0 Å². The quantitative estimate of drug-likeness (QED) is 0.784. The summed E-state index contributed by atoms with van der Waals surface area (Å²) >= 11 is 11.7. The second kappa shape index (κ2) is 7.50. The van der Waals surface area contributed by atoms with Gasteiger partial charge in [-0.15, -0.1) is 0 Å². The lowest BCUT2D eigenvalue weighted by Gasteiger charge is -2.25. The zero-order valence-corrected chi connectivity index (χ0v) is 13.2. The van der Waals surface area contributed by atoms with Crippen LogP contribution in [0.25, 0.3) is 0 Å². The zero-order valence-electron chi connectivity index (χ0n) is 11.7. The Morgan fingerprint density at radius 3 is 2.40 bits per heavy atom. The molecule has 0 radical (unpaired) electrons. The Bertz CT molecular complexity index is 503. The van der Waals surface area contributed by atoms with Crippen molar-refractivity contribution in [3.05, 3.63) is 33.8 Å². The van der Waals surface area contributed by atoms with Crippen LogP contribution in [0, 0.1) is 0 Å². The van der Waals surface area contributed by atoms with Gasteiger partial charge in [0, 0.05) is 6.04 Å². The smallest absolute Gasteiger partial charge is 0.325 e. The molecule has 0 bridgehead atoms. The minimum atomic E-state index is -0.443. The van der Waals surface area contributed by atoms with E-state index in [0.29, 0.717) is 10.0 Å². The summed E-state index contributed by atoms with van der Waals surface area (Å²) < 4.78 is 4.59. The van der Waals surface area contributed by atoms with Gasteiger partial charge in [0.05, 0.1) is 23.6 Å². The molecule has 1 aromatic rings. The van der Waals surface area contributed by atoms with Gasteiger partial charge in [-0.2, -0.15) is 0 Å². The van der Waals surface area contributed by atoms with Gasteiger partial charge in [-0.1, -0.05) is 29.3 Å². The van der Waals surface area contributed by atoms with Gasteiger partial charge in [0.25, 0.3) is 0 Å². The summed E-state index contributed by atoms with van der Waals surface area (Å²) in [6.45, 7) is 3.62. The Hall–Kier alpha value is -1.26. The molecule has 0 aliphatic carbocycles. The number of ether oxygens (including phenoxy) is 1. The van der Waals surface area contributed by atoms with E-state index in [2.05, 4.69) is 4.74 Å². The summed E-state index contributed by atoms with van der Waals surface area (Å²) in [5.41, 5.74) is 0.750. The van der Waals surface area contributed by atoms with E-state index in [1.54, 1.807) is 18.2 Å². The Kier molecular flexibility index (Phi) is 6.30. The summed E-state index contributed by atoms with van der Waals surface area (Å²) in [4.78, 5) is 25.0. The summed E-state index contributed by atoms with van der Waals surface area (Å²) in [5.74, 6) is -0.607. The number of carbonyl (C=O) groups excluding carboxylic acids is 2. The molecule has 0 aliphatic rings. The van der Waals surface area contributed by atoms with Crippen molar-refractivity contribution in [1.29, 1.82) is 0 Å². The molecule has 6 heteroatoms. The molecule has 0 saturated carbocycles. The molecule has 0 spiro atoms. The molecular formula is C14H17Cl2NO3. The van der Waals surface area contributed by atoms with Gasteiger partial charge in [-0.25, -0.2) is 0 Å². The number of benzene rings is 1. The van der Waals surface area contributed by atoms with E-state index in [1.807, 2.05) is 13.8 Å². The Morgan fingerprint density at radius 1 is 1.25 bits per heavy atom. The first kappa shape index (κ1) is 16.8. The van der Waals surface area contributed by atoms with Crippen LogP contribution in [0.5, 0.6) is 0 Å². The second-order valence-electron chi connectivity index (χ2n) is 4.62. The summed E-state index contributed by atoms with van der Waals surface area (Å²) in [7, 11) is 1.30. The van der Waals surface area contributed by atoms with E-state index in [4.69, 9.17) is 23.2 Å². The van der Waals surface area contributed by atoms with Crippen LogP contribution in [-0.2, 0) is 20.7 Å². The largest absolute Gasteiger partial charge is 0.468 e. The predicted molar refractivity (Wildman–Crippen MR) is 79.0 cm³/mol. The lowest BCUT2D eigenvalue weighted by atomic mass is 10.1. The minimum absolute atomic E-state index is 0.0612. The normalized spacial score (nSPS) is 10.5. The Morgan fingerprint density at radius 2 is 1.90 bits per heavy atom. The second-order valence-corrected chi connectivity index (χ2v) is 5.43. The van der Waals surface area contributed by atoms with Crippen molar-refractivity contribution in [3.8, 4) is 0 Å². The van der Waals surface area contributed by atoms with Gasteiger partial charge < -0.3 is 9.64 Å². The molecule has 1 amide bonds. The highest BCUT2D eigenvalue weighted by Gasteiger charge is 2.20. The number of hydrogen-bond donors (Lipinski definition) is 0. The van der Waals surface area contributed by atoms with Crippen LogP contribution < -0.4 is 0 Å². The SMILES string of the molecule is COC(=O)CN(C(=O)Cc1ccc(Cl)c(Cl)c1)C(C)C. The lowest BCUT2D eigenvalue weighted by molar-refractivity contribution is -0.148. The number of methoxy groups -OCH3 is 1. The van der Waals surface area contributed by atoms with Crippen LogP contribution in [0.3, 0.4) is 0 Å². The number of amides is 1. The third-order valence-electron chi connectivity index (χ3n) is 2.81. The molecule has 20 heavy (non-hydrogen) atoms. The summed E-state index contributed by atoms with van der Waals surface area (Å²) in [6.07, 6.45) is 0.159. The van der Waals surface area contributed by atoms with Crippen molar-refractivity contribution in [2.75, 3.05) is 13.7 Å². The molecule has 0 aliphatic heterocycles. The maximum absolute atomic E-state index is 12.2. The summed E-state index contributed by atoms with van der Waals surface area (Å²) in [5, 5.41) is 0.846. The number of halogens is 2. The minimum Gasteiger partial charge on any atom is -0.468 e. The van der Waals surface area contributed by atoms with Crippen LogP contribution in [0.1, 0.15) is 19.4 Å². The van der Waals surface area contributed by atoms with Crippen molar-refractivity contribution in [2.45, 2.75) is 26.3 Å². The highest BCUT2D eigenvalue weighted by molar-refractivity contribution is 6.42. The highest BCUT2D eigenvalue weighted by atomic mass is 35.5. The van der Waals surface area contributed by atoms with Gasteiger partial charge >= 0.3 is 5.97 Å². The fraction of sp³-hybridized carbons (Fsp3) is 0.429. The van der Waals surface area contributed by atoms with Crippen LogP contribution in [0.15, 0.2) is 18.2 Å². The van der Waals surface area contributed by atoms with Crippen LogP contribution in [-0.4, -0.2) is 36.5 Å². The molecular weight excluding hydrogens is 301 g/mol. The first-order valence-corrected chi connectivity index (χ1v) is 6.91. The third-order valence-corrected chi connectivity index (χ3v) is 3.55. The van der Waals surface area contributed by atoms with Gasteiger partial charge in [0.1, 0.15) is 6.54 Å².